The van der Waals surface area contributed by atoms with E-state index in [1.54, 1.807) is 42.5 Å². The van der Waals surface area contributed by atoms with Crippen LogP contribution in [0.15, 0.2) is 117 Å². The van der Waals surface area contributed by atoms with E-state index in [-0.39, 0.29) is 119 Å². The van der Waals surface area contributed by atoms with Crippen molar-refractivity contribution in [3.05, 3.63) is 119 Å². The minimum absolute atomic E-state index is 0. The van der Waals surface area contributed by atoms with Gasteiger partial charge in [0.05, 0.1) is 41.4 Å². The molecule has 16 nitrogen and oxygen atoms in total. The maximum Gasteiger partial charge on any atom is 1.00 e. The van der Waals surface area contributed by atoms with Crippen molar-refractivity contribution in [1.82, 2.24) is 0 Å². The van der Waals surface area contributed by atoms with Crippen LogP contribution in [0, 0.1) is 0 Å². The van der Waals surface area contributed by atoms with E-state index in [2.05, 4.69) is 10.2 Å². The predicted octanol–water partition coefficient (Wildman–Crippen LogP) is -1.78. The number of aliphatic imine (C=N–C) groups is 1. The van der Waals surface area contributed by atoms with Crippen LogP contribution >= 0.6 is 12.2 Å². The third kappa shape index (κ3) is 15.9. The average Bonchev–Trinajstić information content (AvgIpc) is 3.56. The molecule has 0 saturated heterocycles. The largest absolute Gasteiger partial charge is 1.00 e. The van der Waals surface area contributed by atoms with Gasteiger partial charge in [-0.2, -0.15) is 9.57 Å². The first-order valence-electron chi connectivity index (χ1n) is 20.9. The maximum atomic E-state index is 12.1. The van der Waals surface area contributed by atoms with Crippen LogP contribution in [0.25, 0.3) is 0 Å². The quantitative estimate of drug-likeness (QED) is 0.0245. The first kappa shape index (κ1) is 61.6. The number of thiocarbonyl (C=S) groups is 1. The SMILES string of the molecule is CC1(C)C(/C=C/C2=C(Oc3ccc(N=C=S)cc3)C(=C/C=C3/N(CCCCS(=O)(=O)[O-])c4ccc(S(=O)(=O)[O-])cc4C3(C)C)/CCC2)=[N+](CCCCS(=O)(=O)[O-])c2ccc(OS(=O)[O-])cc21.[Na+].[Na+].[Na+]. The van der Waals surface area contributed by atoms with Gasteiger partial charge >= 0.3 is 88.7 Å². The number of unbranched alkanes of at least 4 members (excludes halogenated alkanes) is 2. The summed E-state index contributed by atoms with van der Waals surface area (Å²) in [6.45, 7) is 8.37. The van der Waals surface area contributed by atoms with Crippen LogP contribution in [0.5, 0.6) is 11.5 Å². The topological polar surface area (TPSA) is 249 Å². The zero-order valence-electron chi connectivity index (χ0n) is 39.6. The minimum Gasteiger partial charge on any atom is -0.748 e. The van der Waals surface area contributed by atoms with Crippen LogP contribution in [-0.4, -0.2) is 87.7 Å². The van der Waals surface area contributed by atoms with Gasteiger partial charge in [0.25, 0.3) is 0 Å². The van der Waals surface area contributed by atoms with E-state index in [4.69, 9.17) is 21.1 Å². The molecule has 0 bridgehead atoms. The van der Waals surface area contributed by atoms with E-state index < -0.39 is 64.1 Å². The van der Waals surface area contributed by atoms with Crippen LogP contribution < -0.4 is 102 Å². The molecule has 3 aromatic carbocycles. The Hall–Kier alpha value is -1.67. The van der Waals surface area contributed by atoms with Crippen molar-refractivity contribution in [3.8, 4) is 11.5 Å². The standard InChI is InChI=1S/C45H51N3O13S5.3Na/c1-44(2)37-28-35(61-63(49)50)18-20-39(37)47(24-5-7-26-64(51,52)53)41(44)22-12-31-10-9-11-32(43(31)60-34-16-14-33(15-17-34)46-30-62)13-23-42-45(3,4)38-29-36(66(57,58)59)19-21-40(38)48(42)25-6-8-27-65(54,55)56;;;/h12-23,28-29H,5-11,24-27H2,1-4H3,(H3-,49,50,51,52,53,54,55,56,57,58,59);;;/q;3*+1/p-3. The van der Waals surface area contributed by atoms with Gasteiger partial charge in [-0.15, -0.1) is 0 Å². The molecule has 3 aromatic rings. The number of isothiocyanates is 1. The number of hydrogen-bond donors (Lipinski definition) is 0. The van der Waals surface area contributed by atoms with Gasteiger partial charge < -0.3 is 32.0 Å². The Bertz CT molecular complexity index is 2980. The normalized spacial score (nSPS) is 17.9. The summed E-state index contributed by atoms with van der Waals surface area (Å²) >= 11 is 1.96. The molecule has 1 aliphatic carbocycles. The smallest absolute Gasteiger partial charge is 0.748 e. The summed E-state index contributed by atoms with van der Waals surface area (Å²) in [5, 5.41) is 2.35. The van der Waals surface area contributed by atoms with Crippen molar-refractivity contribution in [2.24, 2.45) is 4.99 Å². The van der Waals surface area contributed by atoms with Crippen molar-refractivity contribution < 1.29 is 150 Å². The van der Waals surface area contributed by atoms with Crippen LogP contribution in [0.4, 0.5) is 17.1 Å². The number of fused-ring (bicyclic) bond motifs is 2. The monoisotopic (exact) mass is 1070 g/mol. The van der Waals surface area contributed by atoms with E-state index in [1.807, 2.05) is 61.5 Å². The number of anilines is 1. The van der Waals surface area contributed by atoms with Crippen molar-refractivity contribution in [2.75, 3.05) is 29.5 Å². The number of nitrogens with zero attached hydrogens (tertiary/aromatic N) is 3. The molecule has 6 rings (SSSR count). The molecule has 1 unspecified atom stereocenters. The molecule has 0 aromatic heterocycles. The van der Waals surface area contributed by atoms with Gasteiger partial charge in [-0.25, -0.2) is 29.5 Å². The Kier molecular flexibility index (Phi) is 22.8. The van der Waals surface area contributed by atoms with Gasteiger partial charge in [-0.1, -0.05) is 19.9 Å². The van der Waals surface area contributed by atoms with Gasteiger partial charge in [-0.3, -0.25) is 0 Å². The number of rotatable bonds is 19. The summed E-state index contributed by atoms with van der Waals surface area (Å²) in [4.78, 5) is 5.59. The van der Waals surface area contributed by atoms with Crippen LogP contribution in [-0.2, 0) is 52.5 Å². The summed E-state index contributed by atoms with van der Waals surface area (Å²) in [5.74, 6) is 0.106. The Labute approximate surface area is 479 Å². The molecule has 354 valence electrons. The molecule has 3 aliphatic rings. The molecule has 69 heavy (non-hydrogen) atoms. The molecule has 0 fully saturated rings. The van der Waals surface area contributed by atoms with E-state index in [0.29, 0.717) is 67.1 Å². The van der Waals surface area contributed by atoms with Crippen LogP contribution in [0.2, 0.25) is 0 Å². The van der Waals surface area contributed by atoms with E-state index in [1.165, 1.54) is 18.2 Å². The number of hydrogen-bond acceptors (Lipinski definition) is 16. The second-order valence-corrected chi connectivity index (χ2v) is 22.2. The Morgan fingerprint density at radius 3 is 2.04 bits per heavy atom. The molecule has 0 radical (unpaired) electrons. The fourth-order valence-electron chi connectivity index (χ4n) is 8.64. The summed E-state index contributed by atoms with van der Waals surface area (Å²) < 4.78 is 142. The van der Waals surface area contributed by atoms with Gasteiger partial charge in [-0.05, 0) is 148 Å². The average molecular weight is 1070 g/mol. The molecule has 2 aliphatic heterocycles. The summed E-state index contributed by atoms with van der Waals surface area (Å²) in [5.41, 5.74) is 4.92. The molecule has 0 spiro atoms. The minimum atomic E-state index is -4.79. The van der Waals surface area contributed by atoms with Crippen LogP contribution in [0.3, 0.4) is 0 Å². The van der Waals surface area contributed by atoms with Crippen molar-refractivity contribution in [3.63, 3.8) is 0 Å². The van der Waals surface area contributed by atoms with E-state index in [9.17, 15) is 47.7 Å². The zero-order valence-corrected chi connectivity index (χ0v) is 49.6. The van der Waals surface area contributed by atoms with Gasteiger partial charge in [0.2, 0.25) is 5.69 Å². The number of allylic oxidation sites excluding steroid dienone is 7. The fraction of sp³-hybridized carbons (Fsp3) is 0.378. The molecule has 2 heterocycles. The van der Waals surface area contributed by atoms with Gasteiger partial charge in [0, 0.05) is 59.0 Å². The number of ether oxygens (including phenoxy) is 1. The first-order valence-corrected chi connectivity index (χ1v) is 26.9. The second-order valence-electron chi connectivity index (χ2n) is 17.1. The fourth-order valence-corrected chi connectivity index (χ4v) is 10.6. The van der Waals surface area contributed by atoms with Crippen molar-refractivity contribution >= 4 is 81.9 Å². The third-order valence-corrected chi connectivity index (χ3v) is 14.7. The third-order valence-electron chi connectivity index (χ3n) is 11.8. The molecule has 24 heteroatoms. The first-order chi connectivity index (χ1) is 30.9. The molecule has 0 amide bonds. The summed E-state index contributed by atoms with van der Waals surface area (Å²) in [6, 6.07) is 16.0. The summed E-state index contributed by atoms with van der Waals surface area (Å²) in [7, 11) is -13.7. The van der Waals surface area contributed by atoms with Gasteiger partial charge in [0.1, 0.15) is 45.3 Å². The summed E-state index contributed by atoms with van der Waals surface area (Å²) in [6.07, 6.45) is 10.6. The maximum absolute atomic E-state index is 12.1. The molecule has 0 saturated carbocycles. The van der Waals surface area contributed by atoms with E-state index >= 15 is 0 Å². The predicted molar refractivity (Wildman–Crippen MR) is 249 cm³/mol. The Balaban J connectivity index is 0.00000420. The Morgan fingerprint density at radius 2 is 1.43 bits per heavy atom. The molecular weight excluding hydrogens is 1020 g/mol. The number of benzene rings is 3. The van der Waals surface area contributed by atoms with Crippen molar-refractivity contribution in [1.29, 1.82) is 0 Å². The van der Waals surface area contributed by atoms with Crippen LogP contribution in [0.1, 0.15) is 83.8 Å². The molecule has 0 N–H and O–H groups in total. The van der Waals surface area contributed by atoms with Crippen molar-refractivity contribution in [2.45, 2.75) is 88.4 Å². The Morgan fingerprint density at radius 1 is 0.797 bits per heavy atom. The van der Waals surface area contributed by atoms with Gasteiger partial charge in [0.15, 0.2) is 5.71 Å². The molecule has 1 atom stereocenters. The molecular formula is C45H48N3Na3O13S5. The second kappa shape index (κ2) is 25.5. The zero-order chi connectivity index (χ0) is 48.2. The van der Waals surface area contributed by atoms with E-state index in [0.717, 1.165) is 33.8 Å².